The second kappa shape index (κ2) is 2.46. The van der Waals surface area contributed by atoms with E-state index in [-0.39, 0.29) is 0 Å². The Labute approximate surface area is 80.2 Å². The fourth-order valence-electron chi connectivity index (χ4n) is 3.35. The molecule has 13 heavy (non-hydrogen) atoms. The molecule has 0 aromatic rings. The largest absolute Gasteiger partial charge is 0.299 e. The maximum atomic E-state index is 10.5. The van der Waals surface area contributed by atoms with Gasteiger partial charge in [-0.15, -0.1) is 0 Å². The lowest BCUT2D eigenvalue weighted by Gasteiger charge is -2.35. The van der Waals surface area contributed by atoms with Crippen molar-refractivity contribution in [3.63, 3.8) is 0 Å². The van der Waals surface area contributed by atoms with Gasteiger partial charge in [-0.3, -0.25) is 4.79 Å². The van der Waals surface area contributed by atoms with Crippen molar-refractivity contribution in [1.82, 2.24) is 0 Å². The van der Waals surface area contributed by atoms with Crippen LogP contribution in [0.1, 0.15) is 40.0 Å². The molecule has 0 aromatic heterocycles. The van der Waals surface area contributed by atoms with Gasteiger partial charge in [-0.2, -0.15) is 0 Å². The summed E-state index contributed by atoms with van der Waals surface area (Å²) in [5, 5.41) is 0. The van der Waals surface area contributed by atoms with Crippen LogP contribution in [0.25, 0.3) is 0 Å². The fourth-order valence-corrected chi connectivity index (χ4v) is 3.35. The summed E-state index contributed by atoms with van der Waals surface area (Å²) >= 11 is 0. The first-order valence-electron chi connectivity index (χ1n) is 5.17. The van der Waals surface area contributed by atoms with Gasteiger partial charge in [0.25, 0.3) is 0 Å². The van der Waals surface area contributed by atoms with Crippen molar-refractivity contribution in [2.75, 3.05) is 0 Å². The molecule has 0 amide bonds. The van der Waals surface area contributed by atoms with Gasteiger partial charge in [0.05, 0.1) is 0 Å². The molecular formula is C12H18O. The molecule has 2 aliphatic carbocycles. The van der Waals surface area contributed by atoms with Crippen LogP contribution in [0.5, 0.6) is 0 Å². The molecule has 2 atom stereocenters. The third-order valence-corrected chi connectivity index (χ3v) is 4.88. The number of carbonyl (C=O) groups is 1. The van der Waals surface area contributed by atoms with Crippen LogP contribution in [0.4, 0.5) is 0 Å². The first-order chi connectivity index (χ1) is 6.02. The molecule has 2 saturated carbocycles. The number of fused-ring (bicyclic) bond motifs is 2. The SMILES string of the molecule is CC12CCC(CC1=CC=O)C2(C)C. The number of rotatable bonds is 1. The fraction of sp³-hybridized carbons (Fsp3) is 0.750. The molecule has 0 N–H and O–H groups in total. The van der Waals surface area contributed by atoms with Gasteiger partial charge in [-0.05, 0) is 42.1 Å². The monoisotopic (exact) mass is 178 g/mol. The lowest BCUT2D eigenvalue weighted by atomic mass is 9.69. The summed E-state index contributed by atoms with van der Waals surface area (Å²) in [5.74, 6) is 0.809. The molecule has 2 bridgehead atoms. The topological polar surface area (TPSA) is 17.1 Å². The van der Waals surface area contributed by atoms with Crippen molar-refractivity contribution in [1.29, 1.82) is 0 Å². The van der Waals surface area contributed by atoms with Crippen LogP contribution in [0.15, 0.2) is 11.6 Å². The van der Waals surface area contributed by atoms with Crippen LogP contribution in [0.2, 0.25) is 0 Å². The molecule has 0 aromatic carbocycles. The average molecular weight is 178 g/mol. The van der Waals surface area contributed by atoms with Gasteiger partial charge in [0.15, 0.2) is 0 Å². The van der Waals surface area contributed by atoms with Gasteiger partial charge in [0, 0.05) is 0 Å². The second-order valence-electron chi connectivity index (χ2n) is 5.32. The van der Waals surface area contributed by atoms with Crippen LogP contribution in [0.3, 0.4) is 0 Å². The van der Waals surface area contributed by atoms with E-state index in [4.69, 9.17) is 0 Å². The Hall–Kier alpha value is -0.590. The third kappa shape index (κ3) is 0.905. The maximum absolute atomic E-state index is 10.5. The summed E-state index contributed by atoms with van der Waals surface area (Å²) in [4.78, 5) is 10.5. The lowest BCUT2D eigenvalue weighted by Crippen LogP contribution is -2.28. The molecule has 2 fully saturated rings. The predicted molar refractivity (Wildman–Crippen MR) is 53.4 cm³/mol. The predicted octanol–water partition coefficient (Wildman–Crippen LogP) is 2.96. The van der Waals surface area contributed by atoms with Gasteiger partial charge in [0.1, 0.15) is 6.29 Å². The number of allylic oxidation sites excluding steroid dienone is 2. The lowest BCUT2D eigenvalue weighted by molar-refractivity contribution is -0.104. The standard InChI is InChI=1S/C12H18O/c1-11(2)9-4-6-12(11,3)10(8-9)5-7-13/h5,7,9H,4,6,8H2,1-3H3. The highest BCUT2D eigenvalue weighted by atomic mass is 16.1. The van der Waals surface area contributed by atoms with Crippen LogP contribution in [-0.2, 0) is 4.79 Å². The van der Waals surface area contributed by atoms with Crippen molar-refractivity contribution in [2.45, 2.75) is 40.0 Å². The normalized spacial score (nSPS) is 44.2. The maximum Gasteiger partial charge on any atom is 0.142 e. The van der Waals surface area contributed by atoms with E-state index in [0.29, 0.717) is 10.8 Å². The zero-order valence-electron chi connectivity index (χ0n) is 8.76. The van der Waals surface area contributed by atoms with E-state index in [0.717, 1.165) is 18.6 Å². The van der Waals surface area contributed by atoms with Crippen molar-refractivity contribution in [3.8, 4) is 0 Å². The van der Waals surface area contributed by atoms with Crippen LogP contribution >= 0.6 is 0 Å². The molecule has 2 rings (SSSR count). The summed E-state index contributed by atoms with van der Waals surface area (Å²) < 4.78 is 0. The van der Waals surface area contributed by atoms with Gasteiger partial charge in [-0.25, -0.2) is 0 Å². The number of carbonyl (C=O) groups excluding carboxylic acids is 1. The smallest absolute Gasteiger partial charge is 0.142 e. The molecule has 0 heterocycles. The minimum atomic E-state index is 0.304. The van der Waals surface area contributed by atoms with Crippen molar-refractivity contribution in [3.05, 3.63) is 11.6 Å². The molecule has 0 saturated heterocycles. The summed E-state index contributed by atoms with van der Waals surface area (Å²) in [5.41, 5.74) is 2.10. The molecule has 2 aliphatic rings. The zero-order chi connectivity index (χ0) is 9.69. The van der Waals surface area contributed by atoms with Crippen LogP contribution < -0.4 is 0 Å². The first kappa shape index (κ1) is 8.98. The Kier molecular flexibility index (Phi) is 1.70. The quantitative estimate of drug-likeness (QED) is 0.445. The second-order valence-corrected chi connectivity index (χ2v) is 5.32. The van der Waals surface area contributed by atoms with Crippen molar-refractivity contribution < 1.29 is 4.79 Å². The minimum absolute atomic E-state index is 0.304. The number of aldehydes is 1. The molecule has 72 valence electrons. The van der Waals surface area contributed by atoms with E-state index in [9.17, 15) is 4.79 Å². The Morgan fingerprint density at radius 1 is 1.38 bits per heavy atom. The average Bonchev–Trinajstić information content (AvgIpc) is 2.37. The first-order valence-corrected chi connectivity index (χ1v) is 5.17. The summed E-state index contributed by atoms with van der Waals surface area (Å²) in [6.07, 6.45) is 6.53. The molecule has 0 spiro atoms. The Bertz CT molecular complexity index is 275. The third-order valence-electron chi connectivity index (χ3n) is 4.88. The highest BCUT2D eigenvalue weighted by Gasteiger charge is 2.58. The van der Waals surface area contributed by atoms with E-state index in [1.54, 1.807) is 6.08 Å². The highest BCUT2D eigenvalue weighted by Crippen LogP contribution is 2.67. The number of hydrogen-bond donors (Lipinski definition) is 0. The number of hydrogen-bond acceptors (Lipinski definition) is 1. The van der Waals surface area contributed by atoms with E-state index < -0.39 is 0 Å². The molecule has 0 radical (unpaired) electrons. The van der Waals surface area contributed by atoms with Gasteiger partial charge >= 0.3 is 0 Å². The van der Waals surface area contributed by atoms with Crippen molar-refractivity contribution in [2.24, 2.45) is 16.7 Å². The molecule has 2 unspecified atom stereocenters. The molecule has 0 aliphatic heterocycles. The van der Waals surface area contributed by atoms with Gasteiger partial charge < -0.3 is 0 Å². The Balaban J connectivity index is 2.44. The Morgan fingerprint density at radius 2 is 2.08 bits per heavy atom. The Morgan fingerprint density at radius 3 is 2.46 bits per heavy atom. The summed E-state index contributed by atoms with van der Waals surface area (Å²) in [7, 11) is 0. The van der Waals surface area contributed by atoms with E-state index in [2.05, 4.69) is 20.8 Å². The zero-order valence-corrected chi connectivity index (χ0v) is 8.76. The highest BCUT2D eigenvalue weighted by molar-refractivity contribution is 5.67. The van der Waals surface area contributed by atoms with Crippen LogP contribution in [0, 0.1) is 16.7 Å². The van der Waals surface area contributed by atoms with Crippen molar-refractivity contribution >= 4 is 6.29 Å². The van der Waals surface area contributed by atoms with Crippen LogP contribution in [-0.4, -0.2) is 6.29 Å². The molecular weight excluding hydrogens is 160 g/mol. The van der Waals surface area contributed by atoms with Gasteiger partial charge in [-0.1, -0.05) is 26.3 Å². The summed E-state index contributed by atoms with van der Waals surface area (Å²) in [6.45, 7) is 7.04. The van der Waals surface area contributed by atoms with E-state index in [1.165, 1.54) is 18.4 Å². The summed E-state index contributed by atoms with van der Waals surface area (Å²) in [6, 6.07) is 0. The minimum Gasteiger partial charge on any atom is -0.299 e. The molecule has 1 nitrogen and oxygen atoms in total. The molecule has 1 heteroatoms. The van der Waals surface area contributed by atoms with Gasteiger partial charge in [0.2, 0.25) is 0 Å². The van der Waals surface area contributed by atoms with E-state index in [1.807, 2.05) is 0 Å². The van der Waals surface area contributed by atoms with E-state index >= 15 is 0 Å².